The minimum absolute atomic E-state index is 0.116. The predicted octanol–water partition coefficient (Wildman–Crippen LogP) is -0.331. The van der Waals surface area contributed by atoms with Gasteiger partial charge in [0.2, 0.25) is 0 Å². The summed E-state index contributed by atoms with van der Waals surface area (Å²) in [6.45, 7) is 3.61. The zero-order chi connectivity index (χ0) is 14.7. The molecule has 0 bridgehead atoms. The Hall–Kier alpha value is -1.83. The maximum absolute atomic E-state index is 12.3. The van der Waals surface area contributed by atoms with Crippen molar-refractivity contribution in [3.63, 3.8) is 0 Å². The van der Waals surface area contributed by atoms with Gasteiger partial charge in [-0.3, -0.25) is 9.69 Å². The Kier molecular flexibility index (Phi) is 4.23. The van der Waals surface area contributed by atoms with Gasteiger partial charge < -0.3 is 10.1 Å². The van der Waals surface area contributed by atoms with E-state index in [4.69, 9.17) is 4.74 Å². The molecule has 1 atom stereocenters. The average Bonchev–Trinajstić information content (AvgIpc) is 2.51. The molecule has 0 spiro atoms. The highest BCUT2D eigenvalue weighted by atomic mass is 16.5. The van der Waals surface area contributed by atoms with Crippen molar-refractivity contribution in [3.8, 4) is 0 Å². The third kappa shape index (κ3) is 3.26. The van der Waals surface area contributed by atoms with Crippen molar-refractivity contribution < 1.29 is 4.74 Å². The zero-order valence-corrected chi connectivity index (χ0v) is 12.0. The molecular weight excluding hydrogens is 270 g/mol. The Morgan fingerprint density at radius 3 is 3.14 bits per heavy atom. The van der Waals surface area contributed by atoms with Crippen LogP contribution in [0.15, 0.2) is 29.1 Å². The summed E-state index contributed by atoms with van der Waals surface area (Å²) in [5.74, 6) is 0. The lowest BCUT2D eigenvalue weighted by Crippen LogP contribution is -2.45. The van der Waals surface area contributed by atoms with Crippen LogP contribution in [-0.4, -0.2) is 59.3 Å². The summed E-state index contributed by atoms with van der Waals surface area (Å²) in [5.41, 5.74) is 0.511. The lowest BCUT2D eigenvalue weighted by Gasteiger charge is -2.27. The maximum atomic E-state index is 12.3. The number of rotatable bonds is 4. The van der Waals surface area contributed by atoms with Crippen LogP contribution in [0.5, 0.6) is 0 Å². The lowest BCUT2D eigenvalue weighted by atomic mass is 10.2. The van der Waals surface area contributed by atoms with E-state index in [1.54, 1.807) is 12.1 Å². The molecule has 1 aliphatic heterocycles. The summed E-state index contributed by atoms with van der Waals surface area (Å²) >= 11 is 0. The third-order valence-electron chi connectivity index (χ3n) is 3.52. The van der Waals surface area contributed by atoms with Crippen LogP contribution >= 0.6 is 0 Å². The normalized spacial score (nSPS) is 19.2. The molecule has 0 saturated carbocycles. The molecule has 0 radical (unpaired) electrons. The van der Waals surface area contributed by atoms with Gasteiger partial charge in [0.05, 0.1) is 24.8 Å². The second-order valence-electron chi connectivity index (χ2n) is 5.29. The summed E-state index contributed by atoms with van der Waals surface area (Å²) in [4.78, 5) is 14.4. The first-order valence-electron chi connectivity index (χ1n) is 7.07. The van der Waals surface area contributed by atoms with Gasteiger partial charge in [0.25, 0.3) is 5.56 Å². The molecule has 2 aromatic rings. The Bertz CT molecular complexity index is 666. The van der Waals surface area contributed by atoms with Crippen LogP contribution in [0, 0.1) is 0 Å². The number of aromatic nitrogens is 3. The van der Waals surface area contributed by atoms with E-state index in [0.29, 0.717) is 17.6 Å². The summed E-state index contributed by atoms with van der Waals surface area (Å²) in [6, 6.07) is 7.25. The van der Waals surface area contributed by atoms with E-state index >= 15 is 0 Å². The lowest BCUT2D eigenvalue weighted by molar-refractivity contribution is 0.00408. The number of hydrogen-bond acceptors (Lipinski definition) is 6. The van der Waals surface area contributed by atoms with Gasteiger partial charge >= 0.3 is 0 Å². The summed E-state index contributed by atoms with van der Waals surface area (Å²) in [7, 11) is 1.95. The van der Waals surface area contributed by atoms with Crippen LogP contribution in [-0.2, 0) is 11.4 Å². The molecule has 1 aliphatic rings. The van der Waals surface area contributed by atoms with Gasteiger partial charge in [-0.1, -0.05) is 17.3 Å². The number of morpholine rings is 1. The molecule has 21 heavy (non-hydrogen) atoms. The molecule has 7 nitrogen and oxygen atoms in total. The van der Waals surface area contributed by atoms with Crippen LogP contribution in [0.1, 0.15) is 0 Å². The van der Waals surface area contributed by atoms with Gasteiger partial charge in [-0.2, -0.15) is 4.68 Å². The number of nitrogens with one attached hydrogen (secondary N) is 1. The Balaban J connectivity index is 1.72. The van der Waals surface area contributed by atoms with E-state index in [1.165, 1.54) is 4.68 Å². The van der Waals surface area contributed by atoms with E-state index in [9.17, 15) is 4.79 Å². The van der Waals surface area contributed by atoms with Gasteiger partial charge in [0.15, 0.2) is 0 Å². The molecular formula is C14H19N5O2. The summed E-state index contributed by atoms with van der Waals surface area (Å²) in [6.07, 6.45) is 0.146. The molecule has 1 aromatic heterocycles. The average molecular weight is 289 g/mol. The first-order chi connectivity index (χ1) is 10.2. The molecule has 1 saturated heterocycles. The number of likely N-dealkylation sites (N-methyl/N-ethyl adjacent to an activating group) is 1. The van der Waals surface area contributed by atoms with E-state index in [0.717, 1.165) is 26.2 Å². The maximum Gasteiger partial charge on any atom is 0.278 e. The highest BCUT2D eigenvalue weighted by Gasteiger charge is 2.16. The number of ether oxygens (including phenoxy) is 1. The van der Waals surface area contributed by atoms with Gasteiger partial charge in [-0.25, -0.2) is 0 Å². The molecule has 0 aliphatic carbocycles. The van der Waals surface area contributed by atoms with E-state index < -0.39 is 0 Å². The van der Waals surface area contributed by atoms with Crippen molar-refractivity contribution in [2.45, 2.75) is 12.8 Å². The highest BCUT2D eigenvalue weighted by Crippen LogP contribution is 2.04. The van der Waals surface area contributed by atoms with E-state index in [2.05, 4.69) is 15.6 Å². The first-order valence-corrected chi connectivity index (χ1v) is 7.07. The quantitative estimate of drug-likeness (QED) is 0.831. The van der Waals surface area contributed by atoms with Crippen LogP contribution in [0.4, 0.5) is 0 Å². The molecule has 3 rings (SSSR count). The Morgan fingerprint density at radius 1 is 1.48 bits per heavy atom. The third-order valence-corrected chi connectivity index (χ3v) is 3.52. The minimum Gasteiger partial charge on any atom is -0.374 e. The number of nitrogens with zero attached hydrogens (tertiary/aromatic N) is 4. The van der Waals surface area contributed by atoms with Crippen LogP contribution < -0.4 is 10.9 Å². The minimum atomic E-state index is -0.116. The van der Waals surface area contributed by atoms with E-state index in [1.807, 2.05) is 24.1 Å². The second-order valence-corrected chi connectivity index (χ2v) is 5.29. The number of fused-ring (bicyclic) bond motifs is 1. The van der Waals surface area contributed by atoms with Crippen molar-refractivity contribution in [3.05, 3.63) is 34.6 Å². The molecule has 1 N–H and O–H groups in total. The van der Waals surface area contributed by atoms with Crippen molar-refractivity contribution in [1.29, 1.82) is 0 Å². The molecule has 1 fully saturated rings. The van der Waals surface area contributed by atoms with Crippen LogP contribution in [0.3, 0.4) is 0 Å². The molecule has 0 amide bonds. The predicted molar refractivity (Wildman–Crippen MR) is 79.0 cm³/mol. The van der Waals surface area contributed by atoms with E-state index in [-0.39, 0.29) is 11.7 Å². The fraction of sp³-hybridized carbons (Fsp3) is 0.500. The van der Waals surface area contributed by atoms with Crippen molar-refractivity contribution in [2.24, 2.45) is 0 Å². The largest absolute Gasteiger partial charge is 0.374 e. The van der Waals surface area contributed by atoms with Crippen molar-refractivity contribution in [1.82, 2.24) is 25.2 Å². The zero-order valence-electron chi connectivity index (χ0n) is 12.0. The molecule has 1 aromatic carbocycles. The van der Waals surface area contributed by atoms with Gasteiger partial charge in [0, 0.05) is 19.6 Å². The fourth-order valence-electron chi connectivity index (χ4n) is 2.49. The van der Waals surface area contributed by atoms with Crippen molar-refractivity contribution >= 4 is 10.9 Å². The summed E-state index contributed by atoms with van der Waals surface area (Å²) < 4.78 is 7.05. The number of benzene rings is 1. The molecule has 7 heteroatoms. The fourth-order valence-corrected chi connectivity index (χ4v) is 2.49. The van der Waals surface area contributed by atoms with Crippen molar-refractivity contribution in [2.75, 3.05) is 33.3 Å². The molecule has 2 heterocycles. The molecule has 1 unspecified atom stereocenters. The molecule has 112 valence electrons. The smallest absolute Gasteiger partial charge is 0.278 e. The van der Waals surface area contributed by atoms with Gasteiger partial charge in [-0.15, -0.1) is 5.10 Å². The van der Waals surface area contributed by atoms with Crippen LogP contribution in [0.2, 0.25) is 0 Å². The second kappa shape index (κ2) is 6.30. The SMILES string of the molecule is CN(CC1CNCCO1)Cn1nnc2ccccc2c1=O. The topological polar surface area (TPSA) is 72.3 Å². The van der Waals surface area contributed by atoms with Crippen LogP contribution in [0.25, 0.3) is 10.9 Å². The monoisotopic (exact) mass is 289 g/mol. The van der Waals surface area contributed by atoms with Gasteiger partial charge in [-0.05, 0) is 19.2 Å². The van der Waals surface area contributed by atoms with Gasteiger partial charge in [0.1, 0.15) is 5.52 Å². The Morgan fingerprint density at radius 2 is 2.33 bits per heavy atom. The highest BCUT2D eigenvalue weighted by molar-refractivity contribution is 5.76. The first kappa shape index (κ1) is 14.1. The standard InChI is InChI=1S/C14H19N5O2/c1-18(9-11-8-15-6-7-21-11)10-19-14(20)12-4-2-3-5-13(12)16-17-19/h2-5,11,15H,6-10H2,1H3. The Labute approximate surface area is 122 Å². The summed E-state index contributed by atoms with van der Waals surface area (Å²) in [5, 5.41) is 12.0. The number of hydrogen-bond donors (Lipinski definition) is 1.